The lowest BCUT2D eigenvalue weighted by molar-refractivity contribution is -0.385. The molecule has 1 unspecified atom stereocenters. The minimum Gasteiger partial charge on any atom is -0.390 e. The Morgan fingerprint density at radius 3 is 2.90 bits per heavy atom. The summed E-state index contributed by atoms with van der Waals surface area (Å²) in [5.41, 5.74) is -0.0514. The fourth-order valence-electron chi connectivity index (χ4n) is 2.77. The van der Waals surface area contributed by atoms with Crippen molar-refractivity contribution in [3.63, 3.8) is 0 Å². The predicted octanol–water partition coefficient (Wildman–Crippen LogP) is 1.32. The molecule has 0 radical (unpaired) electrons. The highest BCUT2D eigenvalue weighted by Gasteiger charge is 2.21. The molecule has 2 N–H and O–H groups in total. The van der Waals surface area contributed by atoms with Crippen molar-refractivity contribution in [2.75, 3.05) is 6.54 Å². The number of nitrogens with one attached hydrogen (secondary N) is 1. The van der Waals surface area contributed by atoms with Gasteiger partial charge in [0.15, 0.2) is 0 Å². The quantitative estimate of drug-likeness (QED) is 0.581. The lowest BCUT2D eigenvalue weighted by atomic mass is 10.00. The van der Waals surface area contributed by atoms with Gasteiger partial charge in [0, 0.05) is 12.6 Å². The first-order valence-corrected chi connectivity index (χ1v) is 7.14. The number of aromatic nitrogens is 2. The first-order chi connectivity index (χ1) is 9.56. The van der Waals surface area contributed by atoms with Crippen LogP contribution in [0.2, 0.25) is 0 Å². The third-order valence-corrected chi connectivity index (χ3v) is 4.01. The van der Waals surface area contributed by atoms with Gasteiger partial charge in [-0.05, 0) is 25.7 Å². The number of aliphatic hydroxyl groups excluding tert-OH is 1. The first-order valence-electron chi connectivity index (χ1n) is 7.14. The molecule has 0 aromatic carbocycles. The van der Waals surface area contributed by atoms with Gasteiger partial charge in [0.05, 0.1) is 17.6 Å². The molecule has 1 aliphatic rings. The standard InChI is InChI=1S/C13H22N4O3/c1-10(11-4-2-3-5-11)14-7-13(18)9-16-8-12(6-15-16)17(19)20/h6,8,10-11,13-14,18H,2-5,7,9H2,1H3/t10-,13?/m0/s1. The normalized spacial score (nSPS) is 19.1. The molecule has 1 aliphatic carbocycles. The van der Waals surface area contributed by atoms with Gasteiger partial charge in [0.1, 0.15) is 12.4 Å². The molecule has 20 heavy (non-hydrogen) atoms. The Morgan fingerprint density at radius 2 is 2.30 bits per heavy atom. The van der Waals surface area contributed by atoms with Gasteiger partial charge in [-0.1, -0.05) is 12.8 Å². The van der Waals surface area contributed by atoms with Crippen LogP contribution < -0.4 is 5.32 Å². The van der Waals surface area contributed by atoms with Gasteiger partial charge in [-0.25, -0.2) is 0 Å². The summed E-state index contributed by atoms with van der Waals surface area (Å²) in [5, 5.41) is 27.7. The smallest absolute Gasteiger partial charge is 0.306 e. The van der Waals surface area contributed by atoms with E-state index >= 15 is 0 Å². The minimum atomic E-state index is -0.599. The summed E-state index contributed by atoms with van der Waals surface area (Å²) in [6.07, 6.45) is 7.06. The van der Waals surface area contributed by atoms with E-state index < -0.39 is 11.0 Å². The molecule has 2 rings (SSSR count). The number of aliphatic hydroxyl groups is 1. The third-order valence-electron chi connectivity index (χ3n) is 4.01. The Morgan fingerprint density at radius 1 is 1.60 bits per heavy atom. The van der Waals surface area contributed by atoms with E-state index in [0.29, 0.717) is 18.5 Å². The van der Waals surface area contributed by atoms with Crippen molar-refractivity contribution in [3.8, 4) is 0 Å². The van der Waals surface area contributed by atoms with Gasteiger partial charge < -0.3 is 10.4 Å². The highest BCUT2D eigenvalue weighted by atomic mass is 16.6. The summed E-state index contributed by atoms with van der Waals surface area (Å²) in [5.74, 6) is 0.702. The van der Waals surface area contributed by atoms with Crippen LogP contribution in [0.15, 0.2) is 12.4 Å². The van der Waals surface area contributed by atoms with Gasteiger partial charge >= 0.3 is 5.69 Å². The Kier molecular flexibility index (Phi) is 5.08. The molecular formula is C13H22N4O3. The van der Waals surface area contributed by atoms with Crippen molar-refractivity contribution in [3.05, 3.63) is 22.5 Å². The maximum absolute atomic E-state index is 10.5. The molecule has 1 aromatic rings. The topological polar surface area (TPSA) is 93.2 Å². The SMILES string of the molecule is C[C@H](NCC(O)Cn1cc([N+](=O)[O-])cn1)C1CCCC1. The maximum Gasteiger partial charge on any atom is 0.306 e. The lowest BCUT2D eigenvalue weighted by Crippen LogP contribution is -2.39. The average Bonchev–Trinajstić information content (AvgIpc) is 3.06. The zero-order valence-corrected chi connectivity index (χ0v) is 11.7. The summed E-state index contributed by atoms with van der Waals surface area (Å²) < 4.78 is 1.41. The van der Waals surface area contributed by atoms with Crippen LogP contribution in [0.4, 0.5) is 5.69 Å². The van der Waals surface area contributed by atoms with Crippen LogP contribution in [0.5, 0.6) is 0 Å². The average molecular weight is 282 g/mol. The predicted molar refractivity (Wildman–Crippen MR) is 74.3 cm³/mol. The fraction of sp³-hybridized carbons (Fsp3) is 0.769. The molecule has 2 atom stereocenters. The van der Waals surface area contributed by atoms with Crippen LogP contribution in [0.25, 0.3) is 0 Å². The molecule has 7 heteroatoms. The van der Waals surface area contributed by atoms with Crippen molar-refractivity contribution in [2.45, 2.75) is 51.3 Å². The van der Waals surface area contributed by atoms with Crippen molar-refractivity contribution < 1.29 is 10.0 Å². The molecule has 0 saturated heterocycles. The van der Waals surface area contributed by atoms with Gasteiger partial charge in [-0.3, -0.25) is 14.8 Å². The van der Waals surface area contributed by atoms with E-state index in [1.807, 2.05) is 0 Å². The highest BCUT2D eigenvalue weighted by Crippen LogP contribution is 2.27. The van der Waals surface area contributed by atoms with E-state index in [1.165, 1.54) is 42.8 Å². The van der Waals surface area contributed by atoms with Crippen LogP contribution in [0.1, 0.15) is 32.6 Å². The molecule has 0 aliphatic heterocycles. The van der Waals surface area contributed by atoms with E-state index in [0.717, 1.165) is 0 Å². The van der Waals surface area contributed by atoms with Gasteiger partial charge in [0.2, 0.25) is 0 Å². The molecule has 0 amide bonds. The first kappa shape index (κ1) is 14.9. The molecule has 1 aromatic heterocycles. The lowest BCUT2D eigenvalue weighted by Gasteiger charge is -2.22. The molecule has 1 saturated carbocycles. The number of hydrogen-bond donors (Lipinski definition) is 2. The maximum atomic E-state index is 10.5. The van der Waals surface area contributed by atoms with Crippen LogP contribution >= 0.6 is 0 Å². The Bertz CT molecular complexity index is 443. The van der Waals surface area contributed by atoms with Crippen LogP contribution in [0.3, 0.4) is 0 Å². The second-order valence-corrected chi connectivity index (χ2v) is 5.57. The van der Waals surface area contributed by atoms with Crippen LogP contribution in [0, 0.1) is 16.0 Å². The van der Waals surface area contributed by atoms with E-state index in [4.69, 9.17) is 0 Å². The van der Waals surface area contributed by atoms with Crippen molar-refractivity contribution in [1.29, 1.82) is 0 Å². The molecule has 0 bridgehead atoms. The van der Waals surface area contributed by atoms with Crippen molar-refractivity contribution in [1.82, 2.24) is 15.1 Å². The van der Waals surface area contributed by atoms with E-state index in [9.17, 15) is 15.2 Å². The number of nitro groups is 1. The van der Waals surface area contributed by atoms with Gasteiger partial charge in [0.25, 0.3) is 0 Å². The summed E-state index contributed by atoms with van der Waals surface area (Å²) >= 11 is 0. The summed E-state index contributed by atoms with van der Waals surface area (Å²) in [6.45, 7) is 2.89. The molecule has 0 spiro atoms. The van der Waals surface area contributed by atoms with E-state index in [2.05, 4.69) is 17.3 Å². The monoisotopic (exact) mass is 282 g/mol. The van der Waals surface area contributed by atoms with Crippen LogP contribution in [-0.2, 0) is 6.54 Å². The van der Waals surface area contributed by atoms with E-state index in [-0.39, 0.29) is 12.2 Å². The zero-order chi connectivity index (χ0) is 14.5. The third kappa shape index (κ3) is 4.01. The zero-order valence-electron chi connectivity index (χ0n) is 11.7. The molecular weight excluding hydrogens is 260 g/mol. The van der Waals surface area contributed by atoms with Gasteiger partial charge in [-0.2, -0.15) is 5.10 Å². The second-order valence-electron chi connectivity index (χ2n) is 5.57. The fourth-order valence-corrected chi connectivity index (χ4v) is 2.77. The Balaban J connectivity index is 1.73. The Labute approximate surface area is 118 Å². The molecule has 7 nitrogen and oxygen atoms in total. The minimum absolute atomic E-state index is 0.0514. The number of hydrogen-bond acceptors (Lipinski definition) is 5. The van der Waals surface area contributed by atoms with Gasteiger partial charge in [-0.15, -0.1) is 0 Å². The highest BCUT2D eigenvalue weighted by molar-refractivity contribution is 5.20. The van der Waals surface area contributed by atoms with Crippen LogP contribution in [-0.4, -0.2) is 38.5 Å². The summed E-state index contributed by atoms with van der Waals surface area (Å²) in [7, 11) is 0. The summed E-state index contributed by atoms with van der Waals surface area (Å²) in [4.78, 5) is 10.0. The molecule has 1 fully saturated rings. The summed E-state index contributed by atoms with van der Waals surface area (Å²) in [6, 6.07) is 0.402. The van der Waals surface area contributed by atoms with E-state index in [1.54, 1.807) is 0 Å². The number of nitrogens with zero attached hydrogens (tertiary/aromatic N) is 3. The molecule has 1 heterocycles. The Hall–Kier alpha value is -1.47. The second kappa shape index (κ2) is 6.81. The largest absolute Gasteiger partial charge is 0.390 e. The number of rotatable bonds is 7. The van der Waals surface area contributed by atoms with Crippen molar-refractivity contribution in [2.24, 2.45) is 5.92 Å². The van der Waals surface area contributed by atoms with Crippen molar-refractivity contribution >= 4 is 5.69 Å². The molecule has 112 valence electrons.